The minimum Gasteiger partial charge on any atom is -0.455 e. The fourth-order valence-electron chi connectivity index (χ4n) is 1.63. The van der Waals surface area contributed by atoms with E-state index in [0.29, 0.717) is 6.02 Å². The fraction of sp³-hybridized carbons (Fsp3) is 0.364. The molecule has 0 amide bonds. The number of hydrogen-bond acceptors (Lipinski definition) is 3. The average Bonchev–Trinajstić information content (AvgIpc) is 2.47. The van der Waals surface area contributed by atoms with Crippen LogP contribution in [0.5, 0.6) is 0 Å². The predicted molar refractivity (Wildman–Crippen MR) is 56.1 cm³/mol. The van der Waals surface area contributed by atoms with Crippen LogP contribution in [0, 0.1) is 6.92 Å². The molecule has 0 bridgehead atoms. The zero-order chi connectivity index (χ0) is 10.1. The lowest BCUT2D eigenvalue weighted by Crippen LogP contribution is -2.14. The van der Waals surface area contributed by atoms with Gasteiger partial charge in [-0.05, 0) is 19.4 Å². The van der Waals surface area contributed by atoms with Crippen LogP contribution in [0.3, 0.4) is 0 Å². The number of aryl methyl sites for hydroxylation is 1. The maximum atomic E-state index is 5.51. The van der Waals surface area contributed by atoms with Gasteiger partial charge in [0, 0.05) is 0 Å². The molecule has 0 aliphatic carbocycles. The van der Waals surface area contributed by atoms with E-state index >= 15 is 0 Å². The predicted octanol–water partition coefficient (Wildman–Crippen LogP) is 1.77. The number of nitrogens with two attached hydrogens (primary N) is 1. The highest BCUT2D eigenvalue weighted by molar-refractivity contribution is 5.73. The van der Waals surface area contributed by atoms with Crippen LogP contribution in [0.15, 0.2) is 29.3 Å². The van der Waals surface area contributed by atoms with Crippen molar-refractivity contribution in [2.45, 2.75) is 26.0 Å². The minimum atomic E-state index is -0.0180. The molecule has 0 unspecified atom stereocenters. The minimum absolute atomic E-state index is 0.0180. The van der Waals surface area contributed by atoms with Gasteiger partial charge in [-0.2, -0.15) is 0 Å². The molecule has 74 valence electrons. The van der Waals surface area contributed by atoms with Gasteiger partial charge in [-0.15, -0.1) is 0 Å². The van der Waals surface area contributed by atoms with Crippen molar-refractivity contribution < 1.29 is 4.74 Å². The van der Waals surface area contributed by atoms with Crippen molar-refractivity contribution in [2.75, 3.05) is 0 Å². The fourth-order valence-corrected chi connectivity index (χ4v) is 1.63. The summed E-state index contributed by atoms with van der Waals surface area (Å²) >= 11 is 0. The van der Waals surface area contributed by atoms with Gasteiger partial charge < -0.3 is 10.5 Å². The highest BCUT2D eigenvalue weighted by Gasteiger charge is 2.27. The molecule has 0 radical (unpaired) electrons. The molecule has 3 nitrogen and oxygen atoms in total. The van der Waals surface area contributed by atoms with E-state index in [1.807, 2.05) is 6.92 Å². The summed E-state index contributed by atoms with van der Waals surface area (Å²) in [5.74, 6) is 0. The summed E-state index contributed by atoms with van der Waals surface area (Å²) in [5, 5.41) is 0. The van der Waals surface area contributed by atoms with Crippen molar-refractivity contribution in [3.8, 4) is 0 Å². The summed E-state index contributed by atoms with van der Waals surface area (Å²) in [6, 6.07) is 8.66. The Morgan fingerprint density at radius 3 is 2.43 bits per heavy atom. The third-order valence-electron chi connectivity index (χ3n) is 2.42. The van der Waals surface area contributed by atoms with E-state index in [-0.39, 0.29) is 12.1 Å². The first-order valence-electron chi connectivity index (χ1n) is 4.73. The Bertz CT molecular complexity index is 356. The molecule has 0 fully saturated rings. The number of amidine groups is 1. The van der Waals surface area contributed by atoms with Gasteiger partial charge in [0.15, 0.2) is 0 Å². The normalized spacial score (nSPS) is 25.7. The number of aliphatic imine (C=N–C) groups is 1. The Morgan fingerprint density at radius 2 is 1.93 bits per heavy atom. The first-order chi connectivity index (χ1) is 6.66. The SMILES string of the molecule is Cc1ccc([C@H]2OC(N)=N[C@@H]2C)cc1. The van der Waals surface area contributed by atoms with Gasteiger partial charge in [-0.1, -0.05) is 29.8 Å². The summed E-state index contributed by atoms with van der Waals surface area (Å²) in [4.78, 5) is 4.14. The van der Waals surface area contributed by atoms with E-state index in [2.05, 4.69) is 36.2 Å². The van der Waals surface area contributed by atoms with Crippen LogP contribution >= 0.6 is 0 Å². The molecule has 0 spiro atoms. The third kappa shape index (κ3) is 1.58. The number of hydrogen-bond donors (Lipinski definition) is 1. The van der Waals surface area contributed by atoms with Crippen molar-refractivity contribution in [1.82, 2.24) is 0 Å². The van der Waals surface area contributed by atoms with E-state index in [1.165, 1.54) is 5.56 Å². The number of rotatable bonds is 1. The van der Waals surface area contributed by atoms with Crippen LogP contribution in [-0.4, -0.2) is 12.1 Å². The molecule has 2 N–H and O–H groups in total. The molecule has 0 saturated carbocycles. The standard InChI is InChI=1S/C11H14N2O/c1-7-3-5-9(6-4-7)10-8(2)13-11(12)14-10/h3-6,8,10H,1-2H3,(H2,12,13)/t8-,10+/m1/s1. The van der Waals surface area contributed by atoms with E-state index in [0.717, 1.165) is 5.56 Å². The number of nitrogens with zero attached hydrogens (tertiary/aromatic N) is 1. The Hall–Kier alpha value is -1.51. The molecule has 1 aromatic rings. The van der Waals surface area contributed by atoms with Crippen LogP contribution < -0.4 is 5.73 Å². The third-order valence-corrected chi connectivity index (χ3v) is 2.42. The average molecular weight is 190 g/mol. The summed E-state index contributed by atoms with van der Waals surface area (Å²) in [6.45, 7) is 4.07. The molecule has 14 heavy (non-hydrogen) atoms. The largest absolute Gasteiger partial charge is 0.455 e. The van der Waals surface area contributed by atoms with Crippen molar-refractivity contribution in [3.63, 3.8) is 0 Å². The molecular weight excluding hydrogens is 176 g/mol. The van der Waals surface area contributed by atoms with E-state index in [4.69, 9.17) is 10.5 Å². The molecule has 1 aliphatic rings. The zero-order valence-corrected chi connectivity index (χ0v) is 8.40. The molecule has 0 saturated heterocycles. The molecule has 1 aliphatic heterocycles. The molecule has 1 heterocycles. The Balaban J connectivity index is 2.21. The second-order valence-corrected chi connectivity index (χ2v) is 3.66. The van der Waals surface area contributed by atoms with Crippen molar-refractivity contribution in [3.05, 3.63) is 35.4 Å². The van der Waals surface area contributed by atoms with Crippen LogP contribution in [0.4, 0.5) is 0 Å². The summed E-state index contributed by atoms with van der Waals surface area (Å²) < 4.78 is 5.43. The van der Waals surface area contributed by atoms with Crippen molar-refractivity contribution >= 4 is 6.02 Å². The van der Waals surface area contributed by atoms with Gasteiger partial charge >= 0.3 is 0 Å². The van der Waals surface area contributed by atoms with Gasteiger partial charge in [-0.25, -0.2) is 4.99 Å². The van der Waals surface area contributed by atoms with E-state index < -0.39 is 0 Å². The van der Waals surface area contributed by atoms with Crippen molar-refractivity contribution in [2.24, 2.45) is 10.7 Å². The van der Waals surface area contributed by atoms with Crippen molar-refractivity contribution in [1.29, 1.82) is 0 Å². The molecule has 1 aromatic carbocycles. The quantitative estimate of drug-likeness (QED) is 0.733. The Morgan fingerprint density at radius 1 is 1.29 bits per heavy atom. The molecule has 2 rings (SSSR count). The monoisotopic (exact) mass is 190 g/mol. The van der Waals surface area contributed by atoms with E-state index in [9.17, 15) is 0 Å². The summed E-state index contributed by atoms with van der Waals surface area (Å²) in [7, 11) is 0. The van der Waals surface area contributed by atoms with Gasteiger partial charge in [0.25, 0.3) is 6.02 Å². The molecular formula is C11H14N2O. The van der Waals surface area contributed by atoms with Crippen LogP contribution in [0.1, 0.15) is 24.2 Å². The van der Waals surface area contributed by atoms with Gasteiger partial charge in [0.05, 0.1) is 6.04 Å². The Kier molecular flexibility index (Phi) is 2.15. The van der Waals surface area contributed by atoms with Gasteiger partial charge in [0.2, 0.25) is 0 Å². The first-order valence-corrected chi connectivity index (χ1v) is 4.73. The van der Waals surface area contributed by atoms with Crippen LogP contribution in [-0.2, 0) is 4.74 Å². The summed E-state index contributed by atoms with van der Waals surface area (Å²) in [5.41, 5.74) is 7.89. The second-order valence-electron chi connectivity index (χ2n) is 3.66. The molecule has 2 atom stereocenters. The van der Waals surface area contributed by atoms with Gasteiger partial charge in [0.1, 0.15) is 6.10 Å². The highest BCUT2D eigenvalue weighted by Crippen LogP contribution is 2.27. The lowest BCUT2D eigenvalue weighted by Gasteiger charge is -2.14. The second kappa shape index (κ2) is 3.33. The molecule has 3 heteroatoms. The lowest BCUT2D eigenvalue weighted by atomic mass is 10.0. The maximum Gasteiger partial charge on any atom is 0.283 e. The van der Waals surface area contributed by atoms with E-state index in [1.54, 1.807) is 0 Å². The van der Waals surface area contributed by atoms with Crippen LogP contribution in [0.25, 0.3) is 0 Å². The van der Waals surface area contributed by atoms with Crippen LogP contribution in [0.2, 0.25) is 0 Å². The number of benzene rings is 1. The lowest BCUT2D eigenvalue weighted by molar-refractivity contribution is 0.199. The summed E-state index contributed by atoms with van der Waals surface area (Å²) in [6.07, 6.45) is -0.0180. The van der Waals surface area contributed by atoms with Gasteiger partial charge in [-0.3, -0.25) is 0 Å². The topological polar surface area (TPSA) is 47.6 Å². The highest BCUT2D eigenvalue weighted by atomic mass is 16.5. The number of ether oxygens (including phenoxy) is 1. The Labute approximate surface area is 83.6 Å². The maximum absolute atomic E-state index is 5.51. The smallest absolute Gasteiger partial charge is 0.283 e. The zero-order valence-electron chi connectivity index (χ0n) is 8.40. The first kappa shape index (κ1) is 9.06. The molecule has 0 aromatic heterocycles.